The summed E-state index contributed by atoms with van der Waals surface area (Å²) in [5.41, 5.74) is 0.718. The van der Waals surface area contributed by atoms with Crippen molar-refractivity contribution in [1.29, 1.82) is 0 Å². The molecule has 0 aliphatic rings. The van der Waals surface area contributed by atoms with Crippen LogP contribution < -0.4 is 8.27 Å². The second-order valence-electron chi connectivity index (χ2n) is 2.17. The van der Waals surface area contributed by atoms with Crippen LogP contribution >= 0.6 is 22.9 Å². The average molecular weight is 303 g/mol. The molecule has 1 aromatic rings. The number of rotatable bonds is 2. The van der Waals surface area contributed by atoms with Crippen LogP contribution in [0.4, 0.5) is 18.9 Å². The number of ether oxygens (including phenoxy) is 1. The Balaban J connectivity index is 2.70. The average Bonchev–Trinajstić information content (AvgIpc) is 2.03. The summed E-state index contributed by atoms with van der Waals surface area (Å²) in [7, 11) is 0. The number of nitrogens with one attached hydrogen (secondary N) is 1. The van der Waals surface area contributed by atoms with Crippen LogP contribution in [0, 0.1) is 0 Å². The Kier molecular flexibility index (Phi) is 3.23. The molecule has 1 N–H and O–H groups in total. The highest BCUT2D eigenvalue weighted by atomic mass is 127. The Bertz CT molecular complexity index is 272. The maximum atomic E-state index is 11.7. The molecule has 0 unspecified atom stereocenters. The van der Waals surface area contributed by atoms with Crippen molar-refractivity contribution < 1.29 is 17.9 Å². The van der Waals surface area contributed by atoms with Gasteiger partial charge in [-0.15, -0.1) is 13.2 Å². The largest absolute Gasteiger partial charge is 0.573 e. The van der Waals surface area contributed by atoms with E-state index in [1.807, 2.05) is 22.9 Å². The van der Waals surface area contributed by atoms with Gasteiger partial charge in [-0.3, -0.25) is 0 Å². The maximum Gasteiger partial charge on any atom is 0.573 e. The van der Waals surface area contributed by atoms with E-state index in [0.717, 1.165) is 5.69 Å². The molecular weight excluding hydrogens is 298 g/mol. The van der Waals surface area contributed by atoms with Gasteiger partial charge in [0.2, 0.25) is 0 Å². The van der Waals surface area contributed by atoms with Gasteiger partial charge in [-0.05, 0) is 24.3 Å². The van der Waals surface area contributed by atoms with Gasteiger partial charge in [0, 0.05) is 5.69 Å². The highest BCUT2D eigenvalue weighted by molar-refractivity contribution is 14.1. The molecule has 1 rings (SSSR count). The molecule has 0 saturated heterocycles. The third kappa shape index (κ3) is 3.71. The van der Waals surface area contributed by atoms with Gasteiger partial charge in [0.1, 0.15) is 5.75 Å². The number of halogens is 4. The molecule has 0 radical (unpaired) electrons. The van der Waals surface area contributed by atoms with Gasteiger partial charge < -0.3 is 8.27 Å². The SMILES string of the molecule is FC(F)(F)Oc1ccc(NI)cc1. The first-order valence-electron chi connectivity index (χ1n) is 3.24. The van der Waals surface area contributed by atoms with Gasteiger partial charge in [0.05, 0.1) is 22.9 Å². The van der Waals surface area contributed by atoms with Crippen LogP contribution in [0.3, 0.4) is 0 Å². The summed E-state index contributed by atoms with van der Waals surface area (Å²) >= 11 is 1.88. The fourth-order valence-electron chi connectivity index (χ4n) is 0.720. The monoisotopic (exact) mass is 303 g/mol. The first-order chi connectivity index (χ1) is 6.01. The Morgan fingerprint density at radius 2 is 1.69 bits per heavy atom. The second-order valence-corrected chi connectivity index (χ2v) is 2.71. The zero-order valence-electron chi connectivity index (χ0n) is 6.23. The number of hydrogen-bond donors (Lipinski definition) is 1. The van der Waals surface area contributed by atoms with Crippen LogP contribution in [-0.2, 0) is 0 Å². The van der Waals surface area contributed by atoms with Gasteiger partial charge in [-0.2, -0.15) is 0 Å². The van der Waals surface area contributed by atoms with Crippen LogP contribution in [-0.4, -0.2) is 6.36 Å². The van der Waals surface area contributed by atoms with Crippen LogP contribution in [0.5, 0.6) is 5.75 Å². The van der Waals surface area contributed by atoms with E-state index in [0.29, 0.717) is 0 Å². The Morgan fingerprint density at radius 1 is 1.15 bits per heavy atom. The van der Waals surface area contributed by atoms with E-state index in [2.05, 4.69) is 8.27 Å². The maximum absolute atomic E-state index is 11.7. The predicted molar refractivity (Wildman–Crippen MR) is 50.8 cm³/mol. The van der Waals surface area contributed by atoms with Crippen LogP contribution in [0.2, 0.25) is 0 Å². The highest BCUT2D eigenvalue weighted by Gasteiger charge is 2.30. The molecule has 0 heterocycles. The summed E-state index contributed by atoms with van der Waals surface area (Å²) in [6, 6.07) is 5.48. The fourth-order valence-corrected chi connectivity index (χ4v) is 1.08. The molecule has 0 atom stereocenters. The van der Waals surface area contributed by atoms with E-state index in [1.165, 1.54) is 24.3 Å². The summed E-state index contributed by atoms with van der Waals surface area (Å²) in [6.45, 7) is 0. The summed E-state index contributed by atoms with van der Waals surface area (Å²) in [4.78, 5) is 0. The zero-order valence-corrected chi connectivity index (χ0v) is 8.39. The molecule has 2 nitrogen and oxygen atoms in total. The van der Waals surface area contributed by atoms with Crippen molar-refractivity contribution >= 4 is 28.6 Å². The standard InChI is InChI=1S/C7H5F3INO/c8-7(9,10)13-6-3-1-5(12-11)2-4-6/h1-4,12H. The van der Waals surface area contributed by atoms with Crippen molar-refractivity contribution in [3.8, 4) is 5.75 Å². The number of alkyl halides is 3. The van der Waals surface area contributed by atoms with Gasteiger partial charge in [0.25, 0.3) is 0 Å². The fraction of sp³-hybridized carbons (Fsp3) is 0.143. The molecule has 1 aromatic carbocycles. The van der Waals surface area contributed by atoms with Gasteiger partial charge in [-0.1, -0.05) is 0 Å². The topological polar surface area (TPSA) is 21.3 Å². The van der Waals surface area contributed by atoms with Crippen molar-refractivity contribution in [2.45, 2.75) is 6.36 Å². The molecule has 0 bridgehead atoms. The van der Waals surface area contributed by atoms with Crippen molar-refractivity contribution in [2.24, 2.45) is 0 Å². The van der Waals surface area contributed by atoms with Crippen LogP contribution in [0.15, 0.2) is 24.3 Å². The summed E-state index contributed by atoms with van der Waals surface area (Å²) in [6.07, 6.45) is -4.63. The first-order valence-corrected chi connectivity index (χ1v) is 4.31. The molecule has 0 fully saturated rings. The summed E-state index contributed by atoms with van der Waals surface area (Å²) in [5, 5.41) is 0. The third-order valence-electron chi connectivity index (χ3n) is 1.20. The quantitative estimate of drug-likeness (QED) is 0.668. The molecule has 0 amide bonds. The Hall–Kier alpha value is -0.660. The molecule has 0 spiro atoms. The van der Waals surface area contributed by atoms with Crippen molar-refractivity contribution in [2.75, 3.05) is 3.53 Å². The molecule has 13 heavy (non-hydrogen) atoms. The molecule has 0 aliphatic carbocycles. The summed E-state index contributed by atoms with van der Waals surface area (Å²) < 4.78 is 41.5. The number of benzene rings is 1. The van der Waals surface area contributed by atoms with Crippen molar-refractivity contribution in [1.82, 2.24) is 0 Å². The minimum atomic E-state index is -4.63. The van der Waals surface area contributed by atoms with E-state index in [4.69, 9.17) is 0 Å². The lowest BCUT2D eigenvalue weighted by atomic mass is 10.3. The molecular formula is C7H5F3INO. The van der Waals surface area contributed by atoms with Gasteiger partial charge >= 0.3 is 6.36 Å². The van der Waals surface area contributed by atoms with Crippen molar-refractivity contribution in [3.63, 3.8) is 0 Å². The molecule has 72 valence electrons. The highest BCUT2D eigenvalue weighted by Crippen LogP contribution is 2.24. The molecule has 0 aliphatic heterocycles. The number of anilines is 1. The normalized spacial score (nSPS) is 11.1. The molecule has 0 saturated carbocycles. The lowest BCUT2D eigenvalue weighted by Gasteiger charge is -2.08. The van der Waals surface area contributed by atoms with E-state index < -0.39 is 6.36 Å². The minimum absolute atomic E-state index is 0.220. The lowest BCUT2D eigenvalue weighted by Crippen LogP contribution is -2.16. The molecule has 6 heteroatoms. The van der Waals surface area contributed by atoms with E-state index >= 15 is 0 Å². The predicted octanol–water partition coefficient (Wildman–Crippen LogP) is 3.35. The van der Waals surface area contributed by atoms with E-state index in [-0.39, 0.29) is 5.75 Å². The first kappa shape index (κ1) is 10.4. The smallest absolute Gasteiger partial charge is 0.406 e. The zero-order chi connectivity index (χ0) is 9.90. The van der Waals surface area contributed by atoms with Crippen LogP contribution in [0.1, 0.15) is 0 Å². The molecule has 0 aromatic heterocycles. The van der Waals surface area contributed by atoms with E-state index in [1.54, 1.807) is 0 Å². The second kappa shape index (κ2) is 4.03. The van der Waals surface area contributed by atoms with Gasteiger partial charge in [0.15, 0.2) is 0 Å². The van der Waals surface area contributed by atoms with Crippen molar-refractivity contribution in [3.05, 3.63) is 24.3 Å². The van der Waals surface area contributed by atoms with Gasteiger partial charge in [-0.25, -0.2) is 0 Å². The number of hydrogen-bond acceptors (Lipinski definition) is 2. The Morgan fingerprint density at radius 3 is 2.08 bits per heavy atom. The Labute approximate surface area is 86.6 Å². The van der Waals surface area contributed by atoms with E-state index in [9.17, 15) is 13.2 Å². The minimum Gasteiger partial charge on any atom is -0.406 e. The lowest BCUT2D eigenvalue weighted by molar-refractivity contribution is -0.274. The summed E-state index contributed by atoms with van der Waals surface area (Å²) in [5.74, 6) is -0.220. The third-order valence-corrected chi connectivity index (χ3v) is 1.82. The van der Waals surface area contributed by atoms with Crippen LogP contribution in [0.25, 0.3) is 0 Å².